The maximum Gasteiger partial charge on any atom is 0.262 e. The molecule has 2 N–H and O–H groups in total. The van der Waals surface area contributed by atoms with Gasteiger partial charge in [-0.3, -0.25) is 14.9 Å². The summed E-state index contributed by atoms with van der Waals surface area (Å²) in [6.07, 6.45) is 0. The zero-order valence-corrected chi connectivity index (χ0v) is 17.1. The van der Waals surface area contributed by atoms with Crippen molar-refractivity contribution in [3.63, 3.8) is 0 Å². The molecule has 7 nitrogen and oxygen atoms in total. The molecular weight excluding hydrogens is 400 g/mol. The van der Waals surface area contributed by atoms with Crippen LogP contribution in [0.3, 0.4) is 0 Å². The molecule has 0 aliphatic heterocycles. The highest BCUT2D eigenvalue weighted by Crippen LogP contribution is 2.27. The van der Waals surface area contributed by atoms with Crippen molar-refractivity contribution >= 4 is 34.0 Å². The molecule has 4 aromatic rings. The number of carbonyl (C=O) groups excluding carboxylic acids is 2. The predicted molar refractivity (Wildman–Crippen MR) is 116 cm³/mol. The lowest BCUT2D eigenvalue weighted by atomic mass is 10.1. The molecule has 0 aliphatic rings. The van der Waals surface area contributed by atoms with Gasteiger partial charge in [0.2, 0.25) is 0 Å². The summed E-state index contributed by atoms with van der Waals surface area (Å²) in [5.74, 6) is 0.00220. The van der Waals surface area contributed by atoms with E-state index in [1.54, 1.807) is 26.0 Å². The van der Waals surface area contributed by atoms with Crippen LogP contribution in [0.25, 0.3) is 11.3 Å². The van der Waals surface area contributed by atoms with Gasteiger partial charge in [-0.15, -0.1) is 11.3 Å². The van der Waals surface area contributed by atoms with Crippen molar-refractivity contribution in [2.24, 2.45) is 0 Å². The number of thiazole rings is 1. The first-order valence-corrected chi connectivity index (χ1v) is 10.1. The van der Waals surface area contributed by atoms with Crippen molar-refractivity contribution in [1.29, 1.82) is 0 Å². The van der Waals surface area contributed by atoms with Crippen LogP contribution in [0.5, 0.6) is 0 Å². The van der Waals surface area contributed by atoms with Crippen LogP contribution in [0.4, 0.5) is 10.8 Å². The van der Waals surface area contributed by atoms with Gasteiger partial charge in [0.1, 0.15) is 11.3 Å². The predicted octanol–water partition coefficient (Wildman–Crippen LogP) is 4.92. The van der Waals surface area contributed by atoms with Crippen LogP contribution in [0.2, 0.25) is 0 Å². The second-order valence-electron chi connectivity index (χ2n) is 6.59. The molecule has 0 saturated heterocycles. The van der Waals surface area contributed by atoms with E-state index >= 15 is 0 Å². The number of hydrogen-bond acceptors (Lipinski definition) is 6. The summed E-state index contributed by atoms with van der Waals surface area (Å²) in [5, 5.41) is 11.8. The summed E-state index contributed by atoms with van der Waals surface area (Å²) in [4.78, 5) is 29.2. The molecule has 150 valence electrons. The molecule has 0 spiro atoms. The Balaban J connectivity index is 1.43. The van der Waals surface area contributed by atoms with E-state index in [4.69, 9.17) is 4.52 Å². The minimum Gasteiger partial charge on any atom is -0.361 e. The van der Waals surface area contributed by atoms with Gasteiger partial charge in [-0.2, -0.15) is 0 Å². The summed E-state index contributed by atoms with van der Waals surface area (Å²) in [7, 11) is 0. The number of rotatable bonds is 5. The molecule has 2 aromatic heterocycles. The quantitative estimate of drug-likeness (QED) is 0.479. The van der Waals surface area contributed by atoms with E-state index in [1.807, 2.05) is 47.8 Å². The van der Waals surface area contributed by atoms with Crippen molar-refractivity contribution in [1.82, 2.24) is 10.1 Å². The first-order valence-electron chi connectivity index (χ1n) is 9.18. The summed E-state index contributed by atoms with van der Waals surface area (Å²) in [6, 6.07) is 16.4. The molecule has 0 fully saturated rings. The van der Waals surface area contributed by atoms with E-state index in [0.29, 0.717) is 33.4 Å². The Morgan fingerprint density at radius 2 is 1.67 bits per heavy atom. The smallest absolute Gasteiger partial charge is 0.262 e. The van der Waals surface area contributed by atoms with Crippen molar-refractivity contribution in [3.05, 3.63) is 82.6 Å². The minimum absolute atomic E-state index is 0.165. The molecular formula is C22H18N4O3S. The second kappa shape index (κ2) is 8.30. The van der Waals surface area contributed by atoms with Crippen LogP contribution < -0.4 is 10.6 Å². The third kappa shape index (κ3) is 4.13. The van der Waals surface area contributed by atoms with Gasteiger partial charge >= 0.3 is 0 Å². The molecule has 8 heteroatoms. The average Bonchev–Trinajstić information content (AvgIpc) is 3.35. The van der Waals surface area contributed by atoms with Gasteiger partial charge in [0.05, 0.1) is 11.4 Å². The van der Waals surface area contributed by atoms with Crippen molar-refractivity contribution in [3.8, 4) is 11.3 Å². The third-order valence-corrected chi connectivity index (χ3v) is 5.22. The first kappa shape index (κ1) is 19.5. The number of hydrogen-bond donors (Lipinski definition) is 2. The second-order valence-corrected chi connectivity index (χ2v) is 7.45. The zero-order chi connectivity index (χ0) is 21.1. The highest BCUT2D eigenvalue weighted by atomic mass is 32.1. The van der Waals surface area contributed by atoms with Crippen LogP contribution in [-0.4, -0.2) is 22.0 Å². The number of aromatic nitrogens is 2. The fraction of sp³-hybridized carbons (Fsp3) is 0.0909. The van der Waals surface area contributed by atoms with E-state index < -0.39 is 0 Å². The first-order chi connectivity index (χ1) is 14.5. The van der Waals surface area contributed by atoms with Gasteiger partial charge in [0.15, 0.2) is 5.13 Å². The van der Waals surface area contributed by atoms with Crippen molar-refractivity contribution in [2.75, 3.05) is 10.6 Å². The summed E-state index contributed by atoms with van der Waals surface area (Å²) in [5.41, 5.74) is 3.85. The molecule has 0 atom stereocenters. The number of nitrogens with zero attached hydrogens (tertiary/aromatic N) is 2. The molecule has 4 rings (SSSR count). The Labute approximate surface area is 176 Å². The van der Waals surface area contributed by atoms with Gasteiger partial charge in [0.25, 0.3) is 11.8 Å². The molecule has 30 heavy (non-hydrogen) atoms. The third-order valence-electron chi connectivity index (χ3n) is 4.46. The maximum absolute atomic E-state index is 12.4. The molecule has 2 heterocycles. The lowest BCUT2D eigenvalue weighted by Gasteiger charge is -2.06. The van der Waals surface area contributed by atoms with Crippen molar-refractivity contribution in [2.45, 2.75) is 13.8 Å². The molecule has 2 aromatic carbocycles. The Morgan fingerprint density at radius 1 is 0.933 bits per heavy atom. The Kier molecular flexibility index (Phi) is 5.40. The van der Waals surface area contributed by atoms with Gasteiger partial charge < -0.3 is 9.84 Å². The molecule has 2 amide bonds. The van der Waals surface area contributed by atoms with E-state index in [-0.39, 0.29) is 11.8 Å². The highest BCUT2D eigenvalue weighted by Gasteiger charge is 2.18. The Bertz CT molecular complexity index is 1180. The monoisotopic (exact) mass is 418 g/mol. The summed E-state index contributed by atoms with van der Waals surface area (Å²) in [6.45, 7) is 3.41. The van der Waals surface area contributed by atoms with Gasteiger partial charge in [-0.1, -0.05) is 35.5 Å². The largest absolute Gasteiger partial charge is 0.361 e. The molecule has 0 unspecified atom stereocenters. The molecule has 0 radical (unpaired) electrons. The number of carbonyl (C=O) groups is 2. The maximum atomic E-state index is 12.4. The Hall–Kier alpha value is -3.78. The van der Waals surface area contributed by atoms with E-state index in [0.717, 1.165) is 11.3 Å². The lowest BCUT2D eigenvalue weighted by molar-refractivity contribution is 0.101. The lowest BCUT2D eigenvalue weighted by Crippen LogP contribution is -2.13. The fourth-order valence-corrected chi connectivity index (χ4v) is 3.66. The molecule has 0 aliphatic carbocycles. The van der Waals surface area contributed by atoms with Gasteiger partial charge in [-0.25, -0.2) is 4.98 Å². The van der Waals surface area contributed by atoms with Gasteiger partial charge in [-0.05, 0) is 38.1 Å². The van der Waals surface area contributed by atoms with Crippen LogP contribution >= 0.6 is 11.3 Å². The molecule has 0 saturated carbocycles. The fourth-order valence-electron chi connectivity index (χ4n) is 2.95. The summed E-state index contributed by atoms with van der Waals surface area (Å²) >= 11 is 1.33. The number of nitrogens with one attached hydrogen (secondary N) is 2. The zero-order valence-electron chi connectivity index (χ0n) is 16.3. The normalized spacial score (nSPS) is 10.6. The van der Waals surface area contributed by atoms with E-state index in [2.05, 4.69) is 20.8 Å². The SMILES string of the molecule is Cc1noc(C)c1C(=O)Nc1nc(-c2ccc(NC(=O)c3ccccc3)cc2)cs1. The highest BCUT2D eigenvalue weighted by molar-refractivity contribution is 7.14. The number of anilines is 2. The number of aryl methyl sites for hydroxylation is 2. The standard InChI is InChI=1S/C22H18N4O3S/c1-13-19(14(2)29-26-13)21(28)25-22-24-18(12-30-22)15-8-10-17(11-9-15)23-20(27)16-6-4-3-5-7-16/h3-12H,1-2H3,(H,23,27)(H,24,25,28). The van der Waals surface area contributed by atoms with Gasteiger partial charge in [0, 0.05) is 22.2 Å². The van der Waals surface area contributed by atoms with Crippen LogP contribution in [0, 0.1) is 13.8 Å². The Morgan fingerprint density at radius 3 is 2.33 bits per heavy atom. The summed E-state index contributed by atoms with van der Waals surface area (Å²) < 4.78 is 5.04. The number of benzene rings is 2. The van der Waals surface area contributed by atoms with E-state index in [1.165, 1.54) is 11.3 Å². The molecule has 0 bridgehead atoms. The topological polar surface area (TPSA) is 97.1 Å². The number of amides is 2. The van der Waals surface area contributed by atoms with Crippen molar-refractivity contribution < 1.29 is 14.1 Å². The van der Waals surface area contributed by atoms with E-state index in [9.17, 15) is 9.59 Å². The van der Waals surface area contributed by atoms with Crippen LogP contribution in [0.1, 0.15) is 32.2 Å². The minimum atomic E-state index is -0.300. The van der Waals surface area contributed by atoms with Crippen LogP contribution in [0.15, 0.2) is 64.5 Å². The van der Waals surface area contributed by atoms with Crippen LogP contribution in [-0.2, 0) is 0 Å². The average molecular weight is 418 g/mol.